The van der Waals surface area contributed by atoms with Crippen LogP contribution in [0.3, 0.4) is 0 Å². The van der Waals surface area contributed by atoms with Crippen LogP contribution in [0.5, 0.6) is 11.6 Å². The monoisotopic (exact) mass is 298 g/mol. The Bertz CT molecular complexity index is 699. The lowest BCUT2D eigenvalue weighted by molar-refractivity contribution is -0.390. The van der Waals surface area contributed by atoms with E-state index in [9.17, 15) is 20.2 Å². The Morgan fingerprint density at radius 1 is 1.30 bits per heavy atom. The average molecular weight is 299 g/mol. The third-order valence-electron chi connectivity index (χ3n) is 2.37. The van der Waals surface area contributed by atoms with E-state index in [2.05, 4.69) is 4.98 Å². The molecule has 0 saturated carbocycles. The number of nitro groups is 2. The van der Waals surface area contributed by atoms with Crippen molar-refractivity contribution in [2.45, 2.75) is 0 Å². The fourth-order valence-corrected chi connectivity index (χ4v) is 1.65. The maximum Gasteiger partial charge on any atom is 0.427 e. The lowest BCUT2D eigenvalue weighted by atomic mass is 10.3. The molecule has 0 unspecified atom stereocenters. The van der Waals surface area contributed by atoms with Crippen LogP contribution in [0.2, 0.25) is 5.02 Å². The van der Waals surface area contributed by atoms with Gasteiger partial charge in [0.05, 0.1) is 9.95 Å². The fourth-order valence-electron chi connectivity index (χ4n) is 1.44. The maximum absolute atomic E-state index is 10.8. The van der Waals surface area contributed by atoms with Crippen LogP contribution >= 0.6 is 11.6 Å². The van der Waals surface area contributed by atoms with Crippen molar-refractivity contribution >= 4 is 23.1 Å². The van der Waals surface area contributed by atoms with Gasteiger partial charge in [-0.1, -0.05) is 11.6 Å². The number of rotatable bonds is 4. The minimum atomic E-state index is -0.700. The van der Waals surface area contributed by atoms with E-state index in [4.69, 9.17) is 16.3 Å². The molecule has 0 spiro atoms. The van der Waals surface area contributed by atoms with Gasteiger partial charge in [-0.05, 0) is 16.0 Å². The highest BCUT2D eigenvalue weighted by Crippen LogP contribution is 2.35. The first kappa shape index (κ1) is 13.7. The fraction of sp³-hybridized carbons (Fsp3) is 0.100. The van der Waals surface area contributed by atoms with Gasteiger partial charge >= 0.3 is 11.7 Å². The number of aryl methyl sites for hydroxylation is 1. The Kier molecular flexibility index (Phi) is 3.53. The van der Waals surface area contributed by atoms with Gasteiger partial charge in [-0.25, -0.2) is 0 Å². The molecule has 0 aliphatic carbocycles. The summed E-state index contributed by atoms with van der Waals surface area (Å²) in [6.07, 6.45) is 1.22. The molecule has 1 aromatic carbocycles. The van der Waals surface area contributed by atoms with Crippen LogP contribution in [-0.4, -0.2) is 19.4 Å². The van der Waals surface area contributed by atoms with Gasteiger partial charge in [0.15, 0.2) is 0 Å². The molecule has 1 heterocycles. The molecule has 0 N–H and O–H groups in total. The van der Waals surface area contributed by atoms with Crippen molar-refractivity contribution in [3.63, 3.8) is 0 Å². The molecule has 0 amide bonds. The number of halogens is 1. The molecule has 0 radical (unpaired) electrons. The highest BCUT2D eigenvalue weighted by molar-refractivity contribution is 6.32. The van der Waals surface area contributed by atoms with E-state index >= 15 is 0 Å². The molecule has 0 fully saturated rings. The number of imidazole rings is 1. The van der Waals surface area contributed by atoms with Crippen molar-refractivity contribution in [2.75, 3.05) is 0 Å². The van der Waals surface area contributed by atoms with Crippen molar-refractivity contribution in [3.8, 4) is 11.6 Å². The molecule has 2 rings (SSSR count). The standard InChI is InChI=1S/C10H7ClN4O5/c1-13-5-12-9(15(18)19)10(13)20-8-3-2-6(14(16)17)4-7(8)11/h2-5H,1H3. The molecule has 0 aliphatic heterocycles. The molecule has 20 heavy (non-hydrogen) atoms. The molecule has 104 valence electrons. The Balaban J connectivity index is 2.38. The topological polar surface area (TPSA) is 113 Å². The second kappa shape index (κ2) is 5.13. The van der Waals surface area contributed by atoms with Gasteiger partial charge in [-0.3, -0.25) is 14.7 Å². The van der Waals surface area contributed by atoms with Gasteiger partial charge in [0, 0.05) is 19.2 Å². The van der Waals surface area contributed by atoms with Crippen LogP contribution in [0.4, 0.5) is 11.5 Å². The normalized spacial score (nSPS) is 10.3. The van der Waals surface area contributed by atoms with E-state index in [1.165, 1.54) is 30.1 Å². The van der Waals surface area contributed by atoms with E-state index < -0.39 is 15.7 Å². The third kappa shape index (κ3) is 2.52. The molecule has 2 aromatic rings. The van der Waals surface area contributed by atoms with Crippen molar-refractivity contribution < 1.29 is 14.6 Å². The summed E-state index contributed by atoms with van der Waals surface area (Å²) in [6, 6.07) is 3.54. The maximum atomic E-state index is 10.8. The largest absolute Gasteiger partial charge is 0.432 e. The zero-order valence-corrected chi connectivity index (χ0v) is 10.8. The summed E-state index contributed by atoms with van der Waals surface area (Å²) in [5.74, 6) is -0.531. The number of nitrogens with zero attached hydrogens (tertiary/aromatic N) is 4. The number of non-ortho nitro benzene ring substituents is 1. The molecule has 1 aromatic heterocycles. The first-order valence-corrected chi connectivity index (χ1v) is 5.55. The Morgan fingerprint density at radius 2 is 2.00 bits per heavy atom. The SMILES string of the molecule is Cn1cnc([N+](=O)[O-])c1Oc1ccc([N+](=O)[O-])cc1Cl. The summed E-state index contributed by atoms with van der Waals surface area (Å²) >= 11 is 5.85. The zero-order chi connectivity index (χ0) is 14.9. The molecule has 0 atom stereocenters. The molecule has 0 aliphatic rings. The van der Waals surface area contributed by atoms with Crippen LogP contribution < -0.4 is 4.74 Å². The van der Waals surface area contributed by atoms with E-state index in [-0.39, 0.29) is 22.3 Å². The zero-order valence-electron chi connectivity index (χ0n) is 10.0. The molecule has 10 heteroatoms. The second-order valence-corrected chi connectivity index (χ2v) is 4.12. The predicted octanol–water partition coefficient (Wildman–Crippen LogP) is 2.68. The number of hydrogen-bond acceptors (Lipinski definition) is 6. The number of aromatic nitrogens is 2. The summed E-state index contributed by atoms with van der Waals surface area (Å²) in [5, 5.41) is 21.3. The highest BCUT2D eigenvalue weighted by Gasteiger charge is 2.23. The molecular weight excluding hydrogens is 292 g/mol. The lowest BCUT2D eigenvalue weighted by Crippen LogP contribution is -1.97. The number of nitro benzene ring substituents is 1. The minimum Gasteiger partial charge on any atom is -0.432 e. The van der Waals surface area contributed by atoms with Gasteiger partial charge in [0.2, 0.25) is 6.33 Å². The Morgan fingerprint density at radius 3 is 2.55 bits per heavy atom. The number of benzene rings is 1. The Hall–Kier alpha value is -2.68. The molecule has 0 bridgehead atoms. The summed E-state index contributed by atoms with van der Waals surface area (Å²) in [4.78, 5) is 23.6. The lowest BCUT2D eigenvalue weighted by Gasteiger charge is -2.06. The molecular formula is C10H7ClN4O5. The summed E-state index contributed by atoms with van der Waals surface area (Å²) < 4.78 is 6.61. The van der Waals surface area contributed by atoms with Crippen LogP contribution in [0, 0.1) is 20.2 Å². The summed E-state index contributed by atoms with van der Waals surface area (Å²) in [5.41, 5.74) is -0.207. The third-order valence-corrected chi connectivity index (χ3v) is 2.67. The predicted molar refractivity (Wildman–Crippen MR) is 68.0 cm³/mol. The quantitative estimate of drug-likeness (QED) is 0.633. The van der Waals surface area contributed by atoms with Crippen molar-refractivity contribution in [3.05, 3.63) is 49.8 Å². The van der Waals surface area contributed by atoms with Gasteiger partial charge in [0.1, 0.15) is 5.75 Å². The molecule has 0 saturated heterocycles. The van der Waals surface area contributed by atoms with Crippen LogP contribution in [0.15, 0.2) is 24.5 Å². The van der Waals surface area contributed by atoms with Gasteiger partial charge < -0.3 is 14.9 Å². The first-order valence-electron chi connectivity index (χ1n) is 5.17. The van der Waals surface area contributed by atoms with E-state index in [0.29, 0.717) is 0 Å². The average Bonchev–Trinajstić information content (AvgIpc) is 2.73. The Labute approximate surface area is 116 Å². The summed E-state index contributed by atoms with van der Waals surface area (Å²) in [6.45, 7) is 0. The van der Waals surface area contributed by atoms with Gasteiger partial charge in [-0.2, -0.15) is 0 Å². The van der Waals surface area contributed by atoms with Gasteiger partial charge in [0.25, 0.3) is 5.69 Å². The smallest absolute Gasteiger partial charge is 0.427 e. The van der Waals surface area contributed by atoms with E-state index in [0.717, 1.165) is 6.07 Å². The van der Waals surface area contributed by atoms with Gasteiger partial charge in [-0.15, -0.1) is 0 Å². The van der Waals surface area contributed by atoms with Crippen LogP contribution in [0.25, 0.3) is 0 Å². The van der Waals surface area contributed by atoms with Crippen LogP contribution in [0.1, 0.15) is 0 Å². The van der Waals surface area contributed by atoms with Crippen molar-refractivity contribution in [1.82, 2.24) is 9.55 Å². The number of hydrogen-bond donors (Lipinski definition) is 0. The van der Waals surface area contributed by atoms with Crippen LogP contribution in [-0.2, 0) is 7.05 Å². The minimum absolute atomic E-state index is 0.0327. The van der Waals surface area contributed by atoms with E-state index in [1.807, 2.05) is 0 Å². The van der Waals surface area contributed by atoms with Crippen molar-refractivity contribution in [2.24, 2.45) is 7.05 Å². The van der Waals surface area contributed by atoms with Crippen molar-refractivity contribution in [1.29, 1.82) is 0 Å². The first-order chi connectivity index (χ1) is 9.40. The highest BCUT2D eigenvalue weighted by atomic mass is 35.5. The van der Waals surface area contributed by atoms with E-state index in [1.54, 1.807) is 0 Å². The number of ether oxygens (including phenoxy) is 1. The summed E-state index contributed by atoms with van der Waals surface area (Å²) in [7, 11) is 1.51. The second-order valence-electron chi connectivity index (χ2n) is 3.72. The molecule has 9 nitrogen and oxygen atoms in total.